The van der Waals surface area contributed by atoms with Crippen molar-refractivity contribution in [3.8, 4) is 0 Å². The quantitative estimate of drug-likeness (QED) is 0.778. The summed E-state index contributed by atoms with van der Waals surface area (Å²) < 4.78 is 6.02. The molecule has 2 aliphatic carbocycles. The molecule has 2 saturated carbocycles. The summed E-state index contributed by atoms with van der Waals surface area (Å²) in [7, 11) is 0. The topological polar surface area (TPSA) is 58.6 Å². The monoisotopic (exact) mass is 269 g/mol. The summed E-state index contributed by atoms with van der Waals surface area (Å²) in [5, 5.41) is 12.7. The third kappa shape index (κ3) is 3.69. The maximum absolute atomic E-state index is 11.6. The molecule has 0 saturated heterocycles. The molecule has 2 rings (SSSR count). The van der Waals surface area contributed by atoms with Crippen LogP contribution in [0, 0.1) is 5.92 Å². The lowest BCUT2D eigenvalue weighted by Crippen LogP contribution is -2.56. The Morgan fingerprint density at radius 1 is 1.32 bits per heavy atom. The van der Waals surface area contributed by atoms with Gasteiger partial charge in [-0.25, -0.2) is 0 Å². The third-order valence-electron chi connectivity index (χ3n) is 4.67. The average molecular weight is 269 g/mol. The molecule has 2 unspecified atom stereocenters. The normalized spacial score (nSPS) is 32.6. The summed E-state index contributed by atoms with van der Waals surface area (Å²) in [5.41, 5.74) is -0.757. The van der Waals surface area contributed by atoms with Crippen LogP contribution < -0.4 is 5.32 Å². The van der Waals surface area contributed by atoms with Crippen LogP contribution in [0.15, 0.2) is 0 Å². The smallest absolute Gasteiger partial charge is 0.323 e. The first kappa shape index (κ1) is 14.8. The Morgan fingerprint density at radius 3 is 2.68 bits per heavy atom. The molecule has 110 valence electrons. The van der Waals surface area contributed by atoms with E-state index in [1.54, 1.807) is 0 Å². The highest BCUT2D eigenvalue weighted by Crippen LogP contribution is 2.32. The fourth-order valence-electron chi connectivity index (χ4n) is 3.58. The predicted octanol–water partition coefficient (Wildman–Crippen LogP) is 2.57. The predicted molar refractivity (Wildman–Crippen MR) is 74.2 cm³/mol. The van der Waals surface area contributed by atoms with Crippen LogP contribution in [0.1, 0.15) is 58.3 Å². The van der Waals surface area contributed by atoms with E-state index >= 15 is 0 Å². The van der Waals surface area contributed by atoms with Crippen LogP contribution >= 0.6 is 0 Å². The highest BCUT2D eigenvalue weighted by molar-refractivity contribution is 5.79. The van der Waals surface area contributed by atoms with Crippen LogP contribution in [0.2, 0.25) is 0 Å². The van der Waals surface area contributed by atoms with Gasteiger partial charge in [0.05, 0.1) is 6.10 Å². The molecular weight excluding hydrogens is 242 g/mol. The summed E-state index contributed by atoms with van der Waals surface area (Å²) in [6.07, 6.45) is 8.62. The first-order valence-corrected chi connectivity index (χ1v) is 7.76. The molecule has 4 nitrogen and oxygen atoms in total. The molecule has 0 bridgehead atoms. The minimum Gasteiger partial charge on any atom is -0.480 e. The second kappa shape index (κ2) is 6.71. The van der Waals surface area contributed by atoms with E-state index in [1.807, 2.05) is 6.92 Å². The maximum Gasteiger partial charge on any atom is 0.323 e. The molecule has 2 N–H and O–H groups in total. The van der Waals surface area contributed by atoms with Gasteiger partial charge in [0.15, 0.2) is 0 Å². The minimum atomic E-state index is -0.757. The van der Waals surface area contributed by atoms with Gasteiger partial charge < -0.3 is 15.2 Å². The van der Waals surface area contributed by atoms with Crippen molar-refractivity contribution in [2.24, 2.45) is 5.92 Å². The molecule has 0 aromatic carbocycles. The number of aliphatic carboxylic acids is 1. The molecule has 2 atom stereocenters. The van der Waals surface area contributed by atoms with E-state index in [9.17, 15) is 9.90 Å². The first-order valence-electron chi connectivity index (χ1n) is 7.76. The number of hydrogen-bond acceptors (Lipinski definition) is 3. The van der Waals surface area contributed by atoms with Crippen molar-refractivity contribution in [1.82, 2.24) is 5.32 Å². The Balaban J connectivity index is 1.85. The van der Waals surface area contributed by atoms with Crippen LogP contribution in [0.3, 0.4) is 0 Å². The van der Waals surface area contributed by atoms with Gasteiger partial charge in [0.2, 0.25) is 0 Å². The highest BCUT2D eigenvalue weighted by Gasteiger charge is 2.42. The first-order chi connectivity index (χ1) is 9.16. The van der Waals surface area contributed by atoms with Gasteiger partial charge in [-0.1, -0.05) is 19.8 Å². The van der Waals surface area contributed by atoms with Crippen molar-refractivity contribution in [3.63, 3.8) is 0 Å². The molecule has 0 aliphatic heterocycles. The van der Waals surface area contributed by atoms with Crippen molar-refractivity contribution in [3.05, 3.63) is 0 Å². The van der Waals surface area contributed by atoms with Crippen molar-refractivity contribution in [1.29, 1.82) is 0 Å². The Bertz CT molecular complexity index is 298. The lowest BCUT2D eigenvalue weighted by Gasteiger charge is -2.38. The largest absolute Gasteiger partial charge is 0.480 e. The summed E-state index contributed by atoms with van der Waals surface area (Å²) in [4.78, 5) is 11.6. The third-order valence-corrected chi connectivity index (χ3v) is 4.67. The zero-order chi connectivity index (χ0) is 13.7. The van der Waals surface area contributed by atoms with Crippen molar-refractivity contribution < 1.29 is 14.6 Å². The number of carboxylic acids is 1. The fourth-order valence-corrected chi connectivity index (χ4v) is 3.58. The van der Waals surface area contributed by atoms with E-state index in [0.29, 0.717) is 18.9 Å². The molecule has 4 heteroatoms. The summed E-state index contributed by atoms with van der Waals surface area (Å²) in [6, 6.07) is 0. The van der Waals surface area contributed by atoms with Gasteiger partial charge in [-0.15, -0.1) is 0 Å². The second-order valence-corrected chi connectivity index (χ2v) is 6.12. The van der Waals surface area contributed by atoms with E-state index in [0.717, 1.165) is 25.9 Å². The lowest BCUT2D eigenvalue weighted by atomic mass is 9.80. The number of nitrogens with one attached hydrogen (secondary N) is 1. The van der Waals surface area contributed by atoms with E-state index < -0.39 is 11.5 Å². The Hall–Kier alpha value is -0.610. The zero-order valence-electron chi connectivity index (χ0n) is 12.0. The molecule has 19 heavy (non-hydrogen) atoms. The number of ether oxygens (including phenoxy) is 1. The molecule has 2 fully saturated rings. The second-order valence-electron chi connectivity index (χ2n) is 6.12. The van der Waals surface area contributed by atoms with Gasteiger partial charge >= 0.3 is 5.97 Å². The van der Waals surface area contributed by atoms with Gasteiger partial charge in [0, 0.05) is 13.0 Å². The van der Waals surface area contributed by atoms with Gasteiger partial charge in [0.25, 0.3) is 0 Å². The minimum absolute atomic E-state index is 0.115. The molecule has 0 amide bonds. The number of likely N-dealkylation sites (N-methyl/N-ethyl adjacent to an activating group) is 1. The molecule has 0 aromatic rings. The van der Waals surface area contributed by atoms with E-state index in [2.05, 4.69) is 5.32 Å². The van der Waals surface area contributed by atoms with Gasteiger partial charge in [0.1, 0.15) is 5.54 Å². The molecule has 0 aromatic heterocycles. The maximum atomic E-state index is 11.6. The van der Waals surface area contributed by atoms with Crippen molar-refractivity contribution in [2.75, 3.05) is 13.2 Å². The summed E-state index contributed by atoms with van der Waals surface area (Å²) in [6.45, 7) is 3.49. The lowest BCUT2D eigenvalue weighted by molar-refractivity contribution is -0.149. The van der Waals surface area contributed by atoms with Crippen LogP contribution in [-0.4, -0.2) is 35.9 Å². The molecule has 0 spiro atoms. The van der Waals surface area contributed by atoms with Crippen molar-refractivity contribution >= 4 is 5.97 Å². The molecular formula is C15H27NO3. The van der Waals surface area contributed by atoms with Crippen molar-refractivity contribution in [2.45, 2.75) is 69.9 Å². The zero-order valence-corrected chi connectivity index (χ0v) is 12.0. The molecule has 0 radical (unpaired) electrons. The number of carboxylic acid groups (broad SMARTS) is 1. The van der Waals surface area contributed by atoms with Gasteiger partial charge in [-0.05, 0) is 44.6 Å². The van der Waals surface area contributed by atoms with Crippen LogP contribution in [0.25, 0.3) is 0 Å². The van der Waals surface area contributed by atoms with E-state index in [1.165, 1.54) is 25.7 Å². The summed E-state index contributed by atoms with van der Waals surface area (Å²) >= 11 is 0. The highest BCUT2D eigenvalue weighted by atomic mass is 16.5. The van der Waals surface area contributed by atoms with Crippen LogP contribution in [0.5, 0.6) is 0 Å². The van der Waals surface area contributed by atoms with Gasteiger partial charge in [-0.3, -0.25) is 4.79 Å². The Kier molecular flexibility index (Phi) is 5.22. The van der Waals surface area contributed by atoms with Crippen LogP contribution in [0.4, 0.5) is 0 Å². The fraction of sp³-hybridized carbons (Fsp3) is 0.933. The number of carbonyl (C=O) groups is 1. The standard InChI is InChI=1S/C15H27NO3/c1-2-16-15(14(17)18)9-5-8-13(10-15)19-11-12-6-3-4-7-12/h12-13,16H,2-11H2,1H3,(H,17,18). The van der Waals surface area contributed by atoms with E-state index in [4.69, 9.17) is 4.74 Å². The SMILES string of the molecule is CCNC1(C(=O)O)CCCC(OCC2CCCC2)C1. The molecule has 0 heterocycles. The summed E-state index contributed by atoms with van der Waals surface area (Å²) in [5.74, 6) is -0.0104. The van der Waals surface area contributed by atoms with E-state index in [-0.39, 0.29) is 6.10 Å². The Labute approximate surface area is 115 Å². The number of hydrogen-bond donors (Lipinski definition) is 2. The Morgan fingerprint density at radius 2 is 2.05 bits per heavy atom. The molecule has 2 aliphatic rings. The van der Waals surface area contributed by atoms with Gasteiger partial charge in [-0.2, -0.15) is 0 Å². The van der Waals surface area contributed by atoms with Crippen LogP contribution in [-0.2, 0) is 9.53 Å². The number of rotatable bonds is 6. The average Bonchev–Trinajstić information content (AvgIpc) is 2.90.